The molecule has 0 aliphatic rings. The van der Waals surface area contributed by atoms with E-state index in [-0.39, 0.29) is 36.2 Å². The summed E-state index contributed by atoms with van der Waals surface area (Å²) in [5.41, 5.74) is 0.856. The van der Waals surface area contributed by atoms with Crippen molar-refractivity contribution >= 4 is 21.6 Å². The highest BCUT2D eigenvalue weighted by molar-refractivity contribution is 7.89. The van der Waals surface area contributed by atoms with Gasteiger partial charge in [0.1, 0.15) is 4.90 Å². The van der Waals surface area contributed by atoms with Crippen LogP contribution in [0.15, 0.2) is 23.1 Å². The summed E-state index contributed by atoms with van der Waals surface area (Å²) in [4.78, 5) is -0.0170. The molecular formula is C11H16ClNO4S. The molecule has 0 atom stereocenters. The molecule has 0 aliphatic heterocycles. The molecule has 102 valence electrons. The van der Waals surface area contributed by atoms with Crippen LogP contribution in [0.3, 0.4) is 0 Å². The second kappa shape index (κ2) is 6.49. The van der Waals surface area contributed by atoms with Crippen LogP contribution >= 0.6 is 11.6 Å². The first kappa shape index (κ1) is 15.4. The SMILES string of the molecule is Cc1ccc(S(=O)(=O)N(CCO)CCO)c(Cl)c1. The first-order valence-corrected chi connectivity index (χ1v) is 7.23. The van der Waals surface area contributed by atoms with Gasteiger partial charge in [-0.15, -0.1) is 0 Å². The number of aliphatic hydroxyl groups is 2. The van der Waals surface area contributed by atoms with Gasteiger partial charge < -0.3 is 10.2 Å². The third-order valence-electron chi connectivity index (χ3n) is 2.40. The van der Waals surface area contributed by atoms with Crippen LogP contribution in [0.2, 0.25) is 5.02 Å². The lowest BCUT2D eigenvalue weighted by Crippen LogP contribution is -2.36. The normalized spacial score (nSPS) is 12.1. The van der Waals surface area contributed by atoms with Gasteiger partial charge in [0.25, 0.3) is 0 Å². The number of hydrogen-bond acceptors (Lipinski definition) is 4. The zero-order valence-corrected chi connectivity index (χ0v) is 11.6. The summed E-state index contributed by atoms with van der Waals surface area (Å²) >= 11 is 5.93. The van der Waals surface area contributed by atoms with Crippen LogP contribution in [0.4, 0.5) is 0 Å². The van der Waals surface area contributed by atoms with Gasteiger partial charge in [-0.25, -0.2) is 8.42 Å². The molecule has 1 rings (SSSR count). The van der Waals surface area contributed by atoms with Crippen LogP contribution < -0.4 is 0 Å². The fraction of sp³-hybridized carbons (Fsp3) is 0.455. The number of benzene rings is 1. The van der Waals surface area contributed by atoms with E-state index in [0.717, 1.165) is 9.87 Å². The second-order valence-electron chi connectivity index (χ2n) is 3.79. The topological polar surface area (TPSA) is 77.8 Å². The van der Waals surface area contributed by atoms with Crippen molar-refractivity contribution in [1.29, 1.82) is 0 Å². The van der Waals surface area contributed by atoms with Gasteiger partial charge in [-0.1, -0.05) is 17.7 Å². The Morgan fingerprint density at radius 1 is 1.22 bits per heavy atom. The second-order valence-corrected chi connectivity index (χ2v) is 6.10. The first-order chi connectivity index (χ1) is 8.43. The van der Waals surface area contributed by atoms with Crippen molar-refractivity contribution in [3.05, 3.63) is 28.8 Å². The van der Waals surface area contributed by atoms with Gasteiger partial charge in [0, 0.05) is 13.1 Å². The van der Waals surface area contributed by atoms with E-state index in [4.69, 9.17) is 21.8 Å². The van der Waals surface area contributed by atoms with Gasteiger partial charge in [-0.05, 0) is 24.6 Å². The minimum Gasteiger partial charge on any atom is -0.395 e. The zero-order chi connectivity index (χ0) is 13.8. The monoisotopic (exact) mass is 293 g/mol. The molecule has 0 unspecified atom stereocenters. The summed E-state index contributed by atoms with van der Waals surface area (Å²) in [6, 6.07) is 4.63. The van der Waals surface area contributed by atoms with Crippen LogP contribution in [0.25, 0.3) is 0 Å². The largest absolute Gasteiger partial charge is 0.395 e. The smallest absolute Gasteiger partial charge is 0.244 e. The molecule has 0 aliphatic carbocycles. The van der Waals surface area contributed by atoms with E-state index in [1.165, 1.54) is 6.07 Å². The summed E-state index contributed by atoms with van der Waals surface area (Å²) in [6.07, 6.45) is 0. The molecule has 0 aromatic heterocycles. The third-order valence-corrected chi connectivity index (χ3v) is 4.79. The lowest BCUT2D eigenvalue weighted by molar-refractivity contribution is 0.217. The number of halogens is 1. The third kappa shape index (κ3) is 3.43. The number of hydrogen-bond donors (Lipinski definition) is 2. The molecule has 0 heterocycles. The maximum absolute atomic E-state index is 12.3. The molecule has 0 bridgehead atoms. The molecule has 0 saturated carbocycles. The molecule has 0 radical (unpaired) electrons. The number of sulfonamides is 1. The van der Waals surface area contributed by atoms with E-state index in [2.05, 4.69) is 0 Å². The Morgan fingerprint density at radius 3 is 2.22 bits per heavy atom. The summed E-state index contributed by atoms with van der Waals surface area (Å²) in [7, 11) is -3.79. The van der Waals surface area contributed by atoms with Crippen molar-refractivity contribution in [3.63, 3.8) is 0 Å². The van der Waals surface area contributed by atoms with Gasteiger partial charge in [0.05, 0.1) is 18.2 Å². The molecule has 1 aromatic rings. The van der Waals surface area contributed by atoms with Gasteiger partial charge in [0.15, 0.2) is 0 Å². The summed E-state index contributed by atoms with van der Waals surface area (Å²) in [5, 5.41) is 17.9. The molecule has 0 saturated heterocycles. The lowest BCUT2D eigenvalue weighted by atomic mass is 10.2. The standard InChI is InChI=1S/C11H16ClNO4S/c1-9-2-3-11(10(12)8-9)18(16,17)13(4-6-14)5-7-15/h2-3,8,14-15H,4-7H2,1H3. The molecule has 0 amide bonds. The van der Waals surface area contributed by atoms with Crippen LogP contribution in [0, 0.1) is 6.92 Å². The van der Waals surface area contributed by atoms with Crippen LogP contribution in [-0.4, -0.2) is 49.2 Å². The average Bonchev–Trinajstić information content (AvgIpc) is 2.28. The van der Waals surface area contributed by atoms with Crippen molar-refractivity contribution in [2.75, 3.05) is 26.3 Å². The lowest BCUT2D eigenvalue weighted by Gasteiger charge is -2.21. The van der Waals surface area contributed by atoms with E-state index in [1.807, 2.05) is 6.92 Å². The molecule has 5 nitrogen and oxygen atoms in total. The van der Waals surface area contributed by atoms with Crippen molar-refractivity contribution < 1.29 is 18.6 Å². The highest BCUT2D eigenvalue weighted by Crippen LogP contribution is 2.25. The van der Waals surface area contributed by atoms with E-state index in [0.29, 0.717) is 0 Å². The van der Waals surface area contributed by atoms with Crippen molar-refractivity contribution in [2.45, 2.75) is 11.8 Å². The van der Waals surface area contributed by atoms with E-state index >= 15 is 0 Å². The van der Waals surface area contributed by atoms with E-state index < -0.39 is 10.0 Å². The molecule has 18 heavy (non-hydrogen) atoms. The Hall–Kier alpha value is -0.660. The number of aliphatic hydroxyl groups excluding tert-OH is 2. The molecular weight excluding hydrogens is 278 g/mol. The fourth-order valence-corrected chi connectivity index (χ4v) is 3.52. The Morgan fingerprint density at radius 2 is 1.78 bits per heavy atom. The van der Waals surface area contributed by atoms with Crippen LogP contribution in [-0.2, 0) is 10.0 Å². The maximum atomic E-state index is 12.3. The Balaban J connectivity index is 3.17. The fourth-order valence-electron chi connectivity index (χ4n) is 1.53. The zero-order valence-electron chi connectivity index (χ0n) is 10.0. The van der Waals surface area contributed by atoms with Crippen molar-refractivity contribution in [2.24, 2.45) is 0 Å². The van der Waals surface area contributed by atoms with Crippen LogP contribution in [0.1, 0.15) is 5.56 Å². The molecule has 7 heteroatoms. The quantitative estimate of drug-likeness (QED) is 0.806. The minimum atomic E-state index is -3.79. The molecule has 2 N–H and O–H groups in total. The molecule has 0 fully saturated rings. The average molecular weight is 294 g/mol. The minimum absolute atomic E-state index is 0.0170. The summed E-state index contributed by atoms with van der Waals surface area (Å²) in [5.74, 6) is 0. The summed E-state index contributed by atoms with van der Waals surface area (Å²) in [6.45, 7) is 1.02. The van der Waals surface area contributed by atoms with Gasteiger partial charge in [-0.2, -0.15) is 4.31 Å². The van der Waals surface area contributed by atoms with Gasteiger partial charge in [0.2, 0.25) is 10.0 Å². The van der Waals surface area contributed by atoms with Gasteiger partial charge >= 0.3 is 0 Å². The van der Waals surface area contributed by atoms with Crippen LogP contribution in [0.5, 0.6) is 0 Å². The predicted octanol–water partition coefficient (Wildman–Crippen LogP) is 0.624. The molecule has 1 aromatic carbocycles. The maximum Gasteiger partial charge on any atom is 0.244 e. The Kier molecular flexibility index (Phi) is 5.55. The van der Waals surface area contributed by atoms with E-state index in [1.54, 1.807) is 12.1 Å². The number of aryl methyl sites for hydroxylation is 1. The Bertz CT molecular complexity index is 498. The Labute approximate surface area is 112 Å². The highest BCUT2D eigenvalue weighted by Gasteiger charge is 2.25. The number of rotatable bonds is 6. The first-order valence-electron chi connectivity index (χ1n) is 5.41. The van der Waals surface area contributed by atoms with Gasteiger partial charge in [-0.3, -0.25) is 0 Å². The highest BCUT2D eigenvalue weighted by atomic mass is 35.5. The van der Waals surface area contributed by atoms with E-state index in [9.17, 15) is 8.42 Å². The number of nitrogens with zero attached hydrogens (tertiary/aromatic N) is 1. The summed E-state index contributed by atoms with van der Waals surface area (Å²) < 4.78 is 25.5. The predicted molar refractivity (Wildman–Crippen MR) is 69.1 cm³/mol. The van der Waals surface area contributed by atoms with Crippen molar-refractivity contribution in [3.8, 4) is 0 Å². The van der Waals surface area contributed by atoms with Crippen molar-refractivity contribution in [1.82, 2.24) is 4.31 Å². The molecule has 0 spiro atoms.